The summed E-state index contributed by atoms with van der Waals surface area (Å²) in [5, 5.41) is 13.2. The molecule has 0 aliphatic carbocycles. The van der Waals surface area contributed by atoms with Crippen LogP contribution in [0, 0.1) is 11.3 Å². The highest BCUT2D eigenvalue weighted by molar-refractivity contribution is 7.89. The fourth-order valence-electron chi connectivity index (χ4n) is 4.87. The zero-order valence-electron chi connectivity index (χ0n) is 24.3. The summed E-state index contributed by atoms with van der Waals surface area (Å²) < 4.78 is 34.0. The Morgan fingerprint density at radius 2 is 1.72 bits per heavy atom. The number of aromatic nitrogens is 1. The lowest BCUT2D eigenvalue weighted by molar-refractivity contribution is -0.111. The number of rotatable bonds is 7. The number of ether oxygens (including phenoxy) is 1. The first-order valence-electron chi connectivity index (χ1n) is 14.0. The minimum absolute atomic E-state index is 0.0120. The highest BCUT2D eigenvalue weighted by atomic mass is 35.5. The molecule has 0 unspecified atom stereocenters. The van der Waals surface area contributed by atoms with Crippen LogP contribution in [0.5, 0.6) is 0 Å². The maximum absolute atomic E-state index is 13.8. The third-order valence-corrected chi connectivity index (χ3v) is 10.9. The SMILES string of the molecule is COC(=O)c1ccc(C=c2sc(=C(C#N)C(=O)Nc3cccc(S(=O)(=O)N4CCCCC4)c3)n(-c3ccc(Cl)c(Cl)c3)c2=O)cc1. The molecule has 1 aromatic heterocycles. The Labute approximate surface area is 278 Å². The molecule has 46 heavy (non-hydrogen) atoms. The average Bonchev–Trinajstić information content (AvgIpc) is 3.37. The van der Waals surface area contributed by atoms with Crippen molar-refractivity contribution < 1.29 is 22.7 Å². The minimum atomic E-state index is -3.78. The molecule has 1 N–H and O–H groups in total. The van der Waals surface area contributed by atoms with Crippen LogP contribution in [0.2, 0.25) is 10.0 Å². The Kier molecular flexibility index (Phi) is 10.1. The van der Waals surface area contributed by atoms with Gasteiger partial charge in [-0.1, -0.05) is 47.8 Å². The average molecular weight is 698 g/mol. The largest absolute Gasteiger partial charge is 0.465 e. The lowest BCUT2D eigenvalue weighted by Gasteiger charge is -2.26. The molecule has 1 aliphatic heterocycles. The van der Waals surface area contributed by atoms with Crippen LogP contribution in [0.3, 0.4) is 0 Å². The quantitative estimate of drug-likeness (QED) is 0.284. The first kappa shape index (κ1) is 33.1. The van der Waals surface area contributed by atoms with Gasteiger partial charge in [0.05, 0.1) is 37.8 Å². The van der Waals surface area contributed by atoms with Crippen LogP contribution in [-0.2, 0) is 19.6 Å². The van der Waals surface area contributed by atoms with Gasteiger partial charge in [0.1, 0.15) is 10.7 Å². The summed E-state index contributed by atoms with van der Waals surface area (Å²) in [7, 11) is -2.50. The van der Waals surface area contributed by atoms with E-state index in [-0.39, 0.29) is 35.5 Å². The lowest BCUT2D eigenvalue weighted by atomic mass is 10.1. The van der Waals surface area contributed by atoms with Gasteiger partial charge in [-0.15, -0.1) is 11.3 Å². The molecule has 4 aromatic rings. The van der Waals surface area contributed by atoms with Crippen LogP contribution in [0.1, 0.15) is 35.2 Å². The van der Waals surface area contributed by atoms with Crippen molar-refractivity contribution in [3.05, 3.63) is 107 Å². The number of hydrogen-bond donors (Lipinski definition) is 1. The number of amides is 1. The predicted molar refractivity (Wildman–Crippen MR) is 177 cm³/mol. The molecule has 5 rings (SSSR count). The van der Waals surface area contributed by atoms with Gasteiger partial charge in [0.25, 0.3) is 11.5 Å². The molecule has 0 atom stereocenters. The Morgan fingerprint density at radius 3 is 2.37 bits per heavy atom. The van der Waals surface area contributed by atoms with Gasteiger partial charge in [-0.3, -0.25) is 14.2 Å². The number of thiazole rings is 1. The van der Waals surface area contributed by atoms with E-state index >= 15 is 0 Å². The van der Waals surface area contributed by atoms with Gasteiger partial charge in [0.15, 0.2) is 5.57 Å². The molecule has 2 heterocycles. The summed E-state index contributed by atoms with van der Waals surface area (Å²) in [6.07, 6.45) is 4.07. The molecule has 0 radical (unpaired) electrons. The summed E-state index contributed by atoms with van der Waals surface area (Å²) in [6.45, 7) is 0.843. The van der Waals surface area contributed by atoms with Crippen molar-refractivity contribution in [3.8, 4) is 11.8 Å². The first-order valence-corrected chi connectivity index (χ1v) is 17.0. The molecular formula is C32H26Cl2N4O6S2. The van der Waals surface area contributed by atoms with E-state index in [1.54, 1.807) is 30.3 Å². The number of sulfonamides is 1. The zero-order valence-corrected chi connectivity index (χ0v) is 27.5. The van der Waals surface area contributed by atoms with E-state index < -0.39 is 33.0 Å². The van der Waals surface area contributed by atoms with Gasteiger partial charge in [-0.2, -0.15) is 9.57 Å². The first-order chi connectivity index (χ1) is 22.0. The molecule has 236 valence electrons. The van der Waals surface area contributed by atoms with E-state index in [0.717, 1.165) is 30.6 Å². The van der Waals surface area contributed by atoms with E-state index in [0.29, 0.717) is 24.2 Å². The fourth-order valence-corrected chi connectivity index (χ4v) is 7.83. The number of nitriles is 1. The lowest BCUT2D eigenvalue weighted by Crippen LogP contribution is -2.35. The topological polar surface area (TPSA) is 139 Å². The second-order valence-electron chi connectivity index (χ2n) is 10.2. The Bertz CT molecular complexity index is 2170. The van der Waals surface area contributed by atoms with Crippen molar-refractivity contribution in [3.63, 3.8) is 0 Å². The molecule has 1 saturated heterocycles. The Morgan fingerprint density at radius 1 is 1.00 bits per heavy atom. The predicted octanol–water partition coefficient (Wildman–Crippen LogP) is 4.31. The highest BCUT2D eigenvalue weighted by Crippen LogP contribution is 2.25. The molecule has 0 bridgehead atoms. The maximum atomic E-state index is 13.8. The van der Waals surface area contributed by atoms with Crippen LogP contribution in [0.15, 0.2) is 76.4 Å². The number of benzene rings is 3. The van der Waals surface area contributed by atoms with Gasteiger partial charge >= 0.3 is 5.97 Å². The summed E-state index contributed by atoms with van der Waals surface area (Å²) in [5.74, 6) is -1.36. The fraction of sp³-hybridized carbons (Fsp3) is 0.188. The number of carbonyl (C=O) groups is 2. The van der Waals surface area contributed by atoms with E-state index in [2.05, 4.69) is 5.32 Å². The molecule has 1 amide bonds. The molecule has 0 saturated carbocycles. The number of anilines is 1. The third kappa shape index (κ3) is 6.94. The van der Waals surface area contributed by atoms with Crippen LogP contribution >= 0.6 is 34.5 Å². The number of nitrogens with one attached hydrogen (secondary N) is 1. The normalized spacial score (nSPS) is 14.8. The maximum Gasteiger partial charge on any atom is 0.337 e. The number of hydrogen-bond acceptors (Lipinski definition) is 8. The van der Waals surface area contributed by atoms with Crippen molar-refractivity contribution >= 4 is 73.8 Å². The highest BCUT2D eigenvalue weighted by Gasteiger charge is 2.26. The second kappa shape index (κ2) is 14.0. The molecule has 10 nitrogen and oxygen atoms in total. The van der Waals surface area contributed by atoms with Crippen LogP contribution in [0.4, 0.5) is 5.69 Å². The van der Waals surface area contributed by atoms with Crippen molar-refractivity contribution in [2.24, 2.45) is 0 Å². The van der Waals surface area contributed by atoms with Gasteiger partial charge in [0.2, 0.25) is 10.0 Å². The van der Waals surface area contributed by atoms with Crippen molar-refractivity contribution in [1.29, 1.82) is 5.26 Å². The minimum Gasteiger partial charge on any atom is -0.465 e. The van der Waals surface area contributed by atoms with Crippen molar-refractivity contribution in [1.82, 2.24) is 8.87 Å². The molecule has 1 fully saturated rings. The number of carbonyl (C=O) groups excluding carboxylic acids is 2. The Hall–Kier alpha value is -4.25. The van der Waals surface area contributed by atoms with E-state index in [4.69, 9.17) is 27.9 Å². The van der Waals surface area contributed by atoms with Gasteiger partial charge in [-0.05, 0) is 73.0 Å². The Balaban J connectivity index is 1.60. The molecule has 3 aromatic carbocycles. The van der Waals surface area contributed by atoms with E-state index in [1.165, 1.54) is 58.4 Å². The van der Waals surface area contributed by atoms with E-state index in [9.17, 15) is 28.1 Å². The van der Waals surface area contributed by atoms with Crippen LogP contribution < -0.4 is 20.1 Å². The third-order valence-electron chi connectivity index (χ3n) is 7.21. The summed E-state index contributed by atoms with van der Waals surface area (Å²) in [4.78, 5) is 39.2. The van der Waals surface area contributed by atoms with Gasteiger partial charge < -0.3 is 10.1 Å². The van der Waals surface area contributed by atoms with Gasteiger partial charge in [-0.25, -0.2) is 13.2 Å². The number of methoxy groups -OCH3 is 1. The number of nitrogens with zero attached hydrogens (tertiary/aromatic N) is 3. The van der Waals surface area contributed by atoms with Crippen molar-refractivity contribution in [2.45, 2.75) is 24.2 Å². The zero-order chi connectivity index (χ0) is 33.0. The summed E-state index contributed by atoms with van der Waals surface area (Å²) in [6, 6.07) is 18.5. The van der Waals surface area contributed by atoms with Crippen LogP contribution in [0.25, 0.3) is 17.3 Å². The number of piperidine rings is 1. The molecule has 1 aliphatic rings. The molecule has 0 spiro atoms. The smallest absolute Gasteiger partial charge is 0.337 e. The molecule has 14 heteroatoms. The standard InChI is InChI=1S/C32H26Cl2N4O6S2/c1-44-32(41)21-10-8-20(9-11-21)16-28-30(40)38(23-12-13-26(33)27(34)18-23)31(45-28)25(19-35)29(39)36-22-6-5-7-24(17-22)46(42,43)37-14-3-2-4-15-37/h5-13,16-18H,2-4,14-15H2,1H3,(H,36,39). The number of halogens is 2. The second-order valence-corrected chi connectivity index (χ2v) is 14.0. The monoisotopic (exact) mass is 696 g/mol. The van der Waals surface area contributed by atoms with Crippen LogP contribution in [-0.4, -0.2) is 49.4 Å². The van der Waals surface area contributed by atoms with Gasteiger partial charge in [0, 0.05) is 18.8 Å². The van der Waals surface area contributed by atoms with E-state index in [1.807, 2.05) is 6.07 Å². The summed E-state index contributed by atoms with van der Waals surface area (Å²) >= 11 is 13.3. The summed E-state index contributed by atoms with van der Waals surface area (Å²) in [5.41, 5.74) is 0.399. The molecular weight excluding hydrogens is 671 g/mol. The van der Waals surface area contributed by atoms with Crippen molar-refractivity contribution in [2.75, 3.05) is 25.5 Å². The number of esters is 1.